The molecule has 0 atom stereocenters. The Kier molecular flexibility index (Phi) is 3.51. The minimum atomic E-state index is -0.229. The van der Waals surface area contributed by atoms with Gasteiger partial charge in [-0.05, 0) is 18.2 Å². The van der Waals surface area contributed by atoms with E-state index in [-0.39, 0.29) is 12.2 Å². The Hall–Kier alpha value is -3.12. The summed E-state index contributed by atoms with van der Waals surface area (Å²) < 4.78 is 0. The fraction of sp³-hybridized carbons (Fsp3) is 0.111. The maximum atomic E-state index is 12.7. The van der Waals surface area contributed by atoms with E-state index in [1.54, 1.807) is 0 Å². The third-order valence-electron chi connectivity index (χ3n) is 3.96. The first-order chi connectivity index (χ1) is 11.8. The number of fused-ring (bicyclic) bond motifs is 2. The van der Waals surface area contributed by atoms with Gasteiger partial charge in [-0.15, -0.1) is 0 Å². The number of hydrogen-bond acceptors (Lipinski definition) is 4. The molecule has 2 heterocycles. The van der Waals surface area contributed by atoms with E-state index in [1.807, 2.05) is 48.5 Å². The maximum Gasteiger partial charge on any atom is 0.261 e. The van der Waals surface area contributed by atoms with Crippen molar-refractivity contribution >= 4 is 27.6 Å². The summed E-state index contributed by atoms with van der Waals surface area (Å²) in [5.41, 5.74) is 3.29. The Bertz CT molecular complexity index is 1050. The zero-order chi connectivity index (χ0) is 16.5. The number of nitrogens with zero attached hydrogens (tertiary/aromatic N) is 1. The number of aromatic nitrogens is 3. The van der Waals surface area contributed by atoms with Crippen molar-refractivity contribution in [2.45, 2.75) is 0 Å². The molecule has 0 saturated heterocycles. The molecule has 2 aromatic carbocycles. The van der Waals surface area contributed by atoms with E-state index in [4.69, 9.17) is 0 Å². The van der Waals surface area contributed by atoms with Gasteiger partial charge < -0.3 is 20.4 Å². The van der Waals surface area contributed by atoms with Crippen molar-refractivity contribution in [3.63, 3.8) is 0 Å². The predicted octanol–water partition coefficient (Wildman–Crippen LogP) is 2.48. The van der Waals surface area contributed by atoms with Gasteiger partial charge in [0.1, 0.15) is 11.4 Å². The minimum absolute atomic E-state index is 0.0271. The predicted molar refractivity (Wildman–Crippen MR) is 95.2 cm³/mol. The van der Waals surface area contributed by atoms with Gasteiger partial charge in [-0.3, -0.25) is 4.79 Å². The fourth-order valence-electron chi connectivity index (χ4n) is 2.90. The second-order valence-electron chi connectivity index (χ2n) is 5.50. The monoisotopic (exact) mass is 320 g/mol. The van der Waals surface area contributed by atoms with Crippen LogP contribution in [0.1, 0.15) is 0 Å². The molecule has 0 unspecified atom stereocenters. The standard InChI is InChI=1S/C18H16N4O2/c23-10-9-19-16-11-5-1-2-6-12(11)22-18(24)15(16)17-20-13-7-3-4-8-14(13)21-17/h1-8,23H,9-10H2,(H,20,21)(H2,19,22,24). The van der Waals surface area contributed by atoms with E-state index >= 15 is 0 Å². The van der Waals surface area contributed by atoms with Crippen molar-refractivity contribution in [3.8, 4) is 11.4 Å². The Morgan fingerprint density at radius 1 is 1.00 bits per heavy atom. The van der Waals surface area contributed by atoms with Crippen molar-refractivity contribution in [2.24, 2.45) is 0 Å². The summed E-state index contributed by atoms with van der Waals surface area (Å²) >= 11 is 0. The lowest BCUT2D eigenvalue weighted by Gasteiger charge is -2.12. The smallest absolute Gasteiger partial charge is 0.261 e. The van der Waals surface area contributed by atoms with Gasteiger partial charge in [0, 0.05) is 11.9 Å². The Balaban J connectivity index is 2.02. The molecule has 0 radical (unpaired) electrons. The van der Waals surface area contributed by atoms with Crippen LogP contribution in [0.5, 0.6) is 0 Å². The van der Waals surface area contributed by atoms with E-state index in [9.17, 15) is 9.90 Å². The van der Waals surface area contributed by atoms with Crippen LogP contribution in [0.25, 0.3) is 33.3 Å². The highest BCUT2D eigenvalue weighted by Crippen LogP contribution is 2.30. The molecule has 0 fully saturated rings. The lowest BCUT2D eigenvalue weighted by molar-refractivity contribution is 0.311. The molecule has 0 saturated carbocycles. The number of imidazole rings is 1. The summed E-state index contributed by atoms with van der Waals surface area (Å²) in [7, 11) is 0. The minimum Gasteiger partial charge on any atom is -0.395 e. The average molecular weight is 320 g/mol. The third kappa shape index (κ3) is 2.33. The molecule has 2 aromatic heterocycles. The summed E-state index contributed by atoms with van der Waals surface area (Å²) in [5.74, 6) is 0.503. The molecule has 0 aliphatic carbocycles. The number of nitrogens with one attached hydrogen (secondary N) is 3. The Morgan fingerprint density at radius 3 is 2.54 bits per heavy atom. The quantitative estimate of drug-likeness (QED) is 0.465. The van der Waals surface area contributed by atoms with E-state index in [0.717, 1.165) is 21.9 Å². The zero-order valence-electron chi connectivity index (χ0n) is 12.8. The first kappa shape index (κ1) is 14.5. The van der Waals surface area contributed by atoms with Gasteiger partial charge in [0.25, 0.3) is 5.56 Å². The van der Waals surface area contributed by atoms with Crippen molar-refractivity contribution in [1.82, 2.24) is 15.0 Å². The summed E-state index contributed by atoms with van der Waals surface area (Å²) in [6.07, 6.45) is 0. The average Bonchev–Trinajstić information content (AvgIpc) is 3.02. The zero-order valence-corrected chi connectivity index (χ0v) is 12.8. The number of benzene rings is 2. The van der Waals surface area contributed by atoms with E-state index in [0.29, 0.717) is 23.6 Å². The summed E-state index contributed by atoms with van der Waals surface area (Å²) in [4.78, 5) is 23.3. The Morgan fingerprint density at radius 2 is 1.75 bits per heavy atom. The third-order valence-corrected chi connectivity index (χ3v) is 3.96. The number of pyridine rings is 1. The fourth-order valence-corrected chi connectivity index (χ4v) is 2.90. The number of hydrogen-bond donors (Lipinski definition) is 4. The first-order valence-electron chi connectivity index (χ1n) is 7.73. The van der Waals surface area contributed by atoms with Gasteiger partial charge in [0.15, 0.2) is 0 Å². The van der Waals surface area contributed by atoms with Crippen molar-refractivity contribution in [2.75, 3.05) is 18.5 Å². The van der Waals surface area contributed by atoms with Crippen LogP contribution in [0, 0.1) is 0 Å². The highest BCUT2D eigenvalue weighted by Gasteiger charge is 2.17. The molecular weight excluding hydrogens is 304 g/mol. The number of aliphatic hydroxyl groups excluding tert-OH is 1. The first-order valence-corrected chi connectivity index (χ1v) is 7.73. The molecule has 120 valence electrons. The van der Waals surface area contributed by atoms with Crippen LogP contribution < -0.4 is 10.9 Å². The van der Waals surface area contributed by atoms with Gasteiger partial charge >= 0.3 is 0 Å². The van der Waals surface area contributed by atoms with Gasteiger partial charge in [-0.1, -0.05) is 30.3 Å². The molecule has 0 aliphatic rings. The molecule has 4 aromatic rings. The largest absolute Gasteiger partial charge is 0.395 e. The lowest BCUT2D eigenvalue weighted by atomic mass is 10.1. The molecular formula is C18H16N4O2. The molecule has 0 spiro atoms. The molecule has 4 rings (SSSR count). The van der Waals surface area contributed by atoms with Crippen molar-refractivity contribution in [1.29, 1.82) is 0 Å². The topological polar surface area (TPSA) is 93.8 Å². The summed E-state index contributed by atoms with van der Waals surface area (Å²) in [6, 6.07) is 15.2. The second kappa shape index (κ2) is 5.82. The van der Waals surface area contributed by atoms with Gasteiger partial charge in [0.05, 0.1) is 28.8 Å². The number of anilines is 1. The van der Waals surface area contributed by atoms with E-state index in [2.05, 4.69) is 20.3 Å². The number of para-hydroxylation sites is 3. The number of H-pyrrole nitrogens is 2. The van der Waals surface area contributed by atoms with Crippen LogP contribution in [0.3, 0.4) is 0 Å². The molecule has 6 nitrogen and oxygen atoms in total. The molecule has 0 bridgehead atoms. The Labute approximate surface area is 137 Å². The van der Waals surface area contributed by atoms with Crippen LogP contribution in [0.4, 0.5) is 5.69 Å². The molecule has 24 heavy (non-hydrogen) atoms. The van der Waals surface area contributed by atoms with Gasteiger partial charge in [-0.25, -0.2) is 4.98 Å². The van der Waals surface area contributed by atoms with Crippen LogP contribution in [0.2, 0.25) is 0 Å². The highest BCUT2D eigenvalue weighted by atomic mass is 16.3. The lowest BCUT2D eigenvalue weighted by Crippen LogP contribution is -2.16. The van der Waals surface area contributed by atoms with Crippen LogP contribution >= 0.6 is 0 Å². The van der Waals surface area contributed by atoms with Crippen LogP contribution in [0.15, 0.2) is 53.3 Å². The van der Waals surface area contributed by atoms with Gasteiger partial charge in [-0.2, -0.15) is 0 Å². The molecule has 4 N–H and O–H groups in total. The highest BCUT2D eigenvalue weighted by molar-refractivity contribution is 5.99. The van der Waals surface area contributed by atoms with E-state index < -0.39 is 0 Å². The molecule has 0 amide bonds. The van der Waals surface area contributed by atoms with Crippen LogP contribution in [-0.4, -0.2) is 33.2 Å². The summed E-state index contributed by atoms with van der Waals surface area (Å²) in [5, 5.41) is 13.2. The maximum absolute atomic E-state index is 12.7. The summed E-state index contributed by atoms with van der Waals surface area (Å²) in [6.45, 7) is 0.321. The van der Waals surface area contributed by atoms with Gasteiger partial charge in [0.2, 0.25) is 0 Å². The van der Waals surface area contributed by atoms with Crippen molar-refractivity contribution < 1.29 is 5.11 Å². The SMILES string of the molecule is O=c1[nH]c2ccccc2c(NCCO)c1-c1nc2ccccc2[nH]1. The molecule has 6 heteroatoms. The van der Waals surface area contributed by atoms with Crippen LogP contribution in [-0.2, 0) is 0 Å². The second-order valence-corrected chi connectivity index (χ2v) is 5.50. The molecule has 0 aliphatic heterocycles. The number of aliphatic hydroxyl groups is 1. The number of aromatic amines is 2. The van der Waals surface area contributed by atoms with E-state index in [1.165, 1.54) is 0 Å². The normalized spacial score (nSPS) is 11.2. The number of rotatable bonds is 4. The van der Waals surface area contributed by atoms with Crippen molar-refractivity contribution in [3.05, 3.63) is 58.9 Å².